The molecule has 2 aliphatic heterocycles. The van der Waals surface area contributed by atoms with Gasteiger partial charge >= 0.3 is 0 Å². The molecule has 2 aromatic rings. The van der Waals surface area contributed by atoms with Gasteiger partial charge < -0.3 is 14.4 Å². The van der Waals surface area contributed by atoms with Crippen LogP contribution in [0.25, 0.3) is 11.3 Å². The lowest BCUT2D eigenvalue weighted by Gasteiger charge is -2.27. The second-order valence-corrected chi connectivity index (χ2v) is 7.05. The van der Waals surface area contributed by atoms with E-state index in [0.29, 0.717) is 53.9 Å². The molecule has 7 nitrogen and oxygen atoms in total. The lowest BCUT2D eigenvalue weighted by Crippen LogP contribution is -2.41. The number of rotatable bonds is 2. The van der Waals surface area contributed by atoms with Gasteiger partial charge in [-0.05, 0) is 6.07 Å². The highest BCUT2D eigenvalue weighted by Gasteiger charge is 2.32. The predicted molar refractivity (Wildman–Crippen MR) is 87.4 cm³/mol. The van der Waals surface area contributed by atoms with Crippen LogP contribution in [-0.4, -0.2) is 58.6 Å². The minimum atomic E-state index is -1.28. The minimum Gasteiger partial charge on any atom is -0.495 e. The van der Waals surface area contributed by atoms with Gasteiger partial charge in [-0.25, -0.2) is 0 Å². The first-order valence-electron chi connectivity index (χ1n) is 7.70. The minimum absolute atomic E-state index is 0.115. The number of ether oxygens (including phenoxy) is 2. The number of methoxy groups -OCH3 is 1. The third-order valence-electron chi connectivity index (χ3n) is 4.34. The number of carbonyl (C=O) groups is 1. The largest absolute Gasteiger partial charge is 0.495 e. The highest BCUT2D eigenvalue weighted by Crippen LogP contribution is 2.40. The third-order valence-corrected chi connectivity index (χ3v) is 5.76. The lowest BCUT2D eigenvalue weighted by molar-refractivity contribution is 0.0298. The number of H-pyrrole nitrogens is 1. The van der Waals surface area contributed by atoms with Crippen LogP contribution < -0.4 is 4.74 Å². The van der Waals surface area contributed by atoms with Crippen LogP contribution in [0, 0.1) is 0 Å². The van der Waals surface area contributed by atoms with Crippen LogP contribution in [0.5, 0.6) is 5.75 Å². The SMILES string of the molecule is COc1cccc2c1S(=O)Cc1c-2n[nH]c1C(=O)N1CCOCC1. The van der Waals surface area contributed by atoms with Crippen molar-refractivity contribution in [1.29, 1.82) is 0 Å². The molecule has 0 spiro atoms. The van der Waals surface area contributed by atoms with Gasteiger partial charge in [0, 0.05) is 24.2 Å². The van der Waals surface area contributed by atoms with E-state index in [1.54, 1.807) is 18.1 Å². The van der Waals surface area contributed by atoms with E-state index in [0.717, 1.165) is 5.56 Å². The van der Waals surface area contributed by atoms with Crippen LogP contribution in [0.3, 0.4) is 0 Å². The van der Waals surface area contributed by atoms with E-state index in [9.17, 15) is 9.00 Å². The molecular formula is C16H17N3O4S. The van der Waals surface area contributed by atoms with E-state index in [2.05, 4.69) is 10.2 Å². The number of nitrogens with zero attached hydrogens (tertiary/aromatic N) is 2. The van der Waals surface area contributed by atoms with Crippen LogP contribution in [0.4, 0.5) is 0 Å². The van der Waals surface area contributed by atoms with E-state index < -0.39 is 10.8 Å². The van der Waals surface area contributed by atoms with Crippen molar-refractivity contribution in [2.45, 2.75) is 10.6 Å². The molecule has 1 unspecified atom stereocenters. The molecule has 1 amide bonds. The van der Waals surface area contributed by atoms with E-state index in [4.69, 9.17) is 9.47 Å². The first-order chi connectivity index (χ1) is 11.7. The maximum atomic E-state index is 12.8. The topological polar surface area (TPSA) is 84.5 Å². The molecule has 126 valence electrons. The molecule has 1 N–H and O–H groups in total. The van der Waals surface area contributed by atoms with Gasteiger partial charge in [0.25, 0.3) is 5.91 Å². The summed E-state index contributed by atoms with van der Waals surface area (Å²) >= 11 is 0. The van der Waals surface area contributed by atoms with Crippen LogP contribution in [-0.2, 0) is 21.3 Å². The average molecular weight is 347 g/mol. The maximum Gasteiger partial charge on any atom is 0.272 e. The Balaban J connectivity index is 1.77. The summed E-state index contributed by atoms with van der Waals surface area (Å²) in [6, 6.07) is 5.48. The normalized spacial score (nSPS) is 19.5. The zero-order valence-electron chi connectivity index (χ0n) is 13.2. The summed E-state index contributed by atoms with van der Waals surface area (Å²) in [6.07, 6.45) is 0. The molecule has 1 aromatic heterocycles. The quantitative estimate of drug-likeness (QED) is 0.882. The number of hydrogen-bond donors (Lipinski definition) is 1. The Labute approximate surface area is 141 Å². The number of carbonyl (C=O) groups excluding carboxylic acids is 1. The van der Waals surface area contributed by atoms with Gasteiger partial charge in [-0.3, -0.25) is 14.1 Å². The molecule has 8 heteroatoms. The zero-order chi connectivity index (χ0) is 16.7. The monoisotopic (exact) mass is 347 g/mol. The number of nitrogens with one attached hydrogen (secondary N) is 1. The van der Waals surface area contributed by atoms with Crippen molar-refractivity contribution in [3.05, 3.63) is 29.5 Å². The fourth-order valence-corrected chi connectivity index (χ4v) is 4.60. The third kappa shape index (κ3) is 2.33. The first kappa shape index (κ1) is 15.3. The second-order valence-electron chi connectivity index (χ2n) is 5.66. The molecule has 1 fully saturated rings. The van der Waals surface area contributed by atoms with Crippen LogP contribution in [0.1, 0.15) is 16.1 Å². The van der Waals surface area contributed by atoms with Crippen LogP contribution >= 0.6 is 0 Å². The number of benzene rings is 1. The second kappa shape index (κ2) is 6.03. The lowest BCUT2D eigenvalue weighted by atomic mass is 10.1. The standard InChI is InChI=1S/C16H17N3O4S/c1-22-12-4-2-3-10-13-11(9-24(21)15(10)12)14(18-17-13)16(20)19-5-7-23-8-6-19/h2-4H,5-9H2,1H3,(H,17,18). The summed E-state index contributed by atoms with van der Waals surface area (Å²) in [5.41, 5.74) is 2.57. The Bertz CT molecular complexity index is 827. The number of amides is 1. The molecular weight excluding hydrogens is 330 g/mol. The molecule has 1 aromatic carbocycles. The molecule has 1 atom stereocenters. The number of fused-ring (bicyclic) bond motifs is 3. The molecule has 0 radical (unpaired) electrons. The zero-order valence-corrected chi connectivity index (χ0v) is 14.0. The van der Waals surface area contributed by atoms with Crippen molar-refractivity contribution in [2.75, 3.05) is 33.4 Å². The molecule has 24 heavy (non-hydrogen) atoms. The average Bonchev–Trinajstić information content (AvgIpc) is 3.05. The van der Waals surface area contributed by atoms with Gasteiger partial charge in [0.15, 0.2) is 0 Å². The van der Waals surface area contributed by atoms with E-state index in [1.807, 2.05) is 12.1 Å². The van der Waals surface area contributed by atoms with Crippen LogP contribution in [0.2, 0.25) is 0 Å². The Morgan fingerprint density at radius 2 is 2.17 bits per heavy atom. The molecule has 1 saturated heterocycles. The first-order valence-corrected chi connectivity index (χ1v) is 9.02. The van der Waals surface area contributed by atoms with Crippen molar-refractivity contribution in [3.63, 3.8) is 0 Å². The van der Waals surface area contributed by atoms with E-state index in [1.165, 1.54) is 0 Å². The Hall–Kier alpha value is -2.19. The van der Waals surface area contributed by atoms with E-state index >= 15 is 0 Å². The smallest absolute Gasteiger partial charge is 0.272 e. The number of hydrogen-bond acceptors (Lipinski definition) is 5. The van der Waals surface area contributed by atoms with Crippen molar-refractivity contribution in [1.82, 2.24) is 15.1 Å². The molecule has 4 rings (SSSR count). The van der Waals surface area contributed by atoms with E-state index in [-0.39, 0.29) is 11.7 Å². The molecule has 0 aliphatic carbocycles. The van der Waals surface area contributed by atoms with Crippen molar-refractivity contribution in [3.8, 4) is 17.0 Å². The predicted octanol–water partition coefficient (Wildman–Crippen LogP) is 1.18. The molecule has 3 heterocycles. The van der Waals surface area contributed by atoms with Crippen molar-refractivity contribution < 1.29 is 18.5 Å². The van der Waals surface area contributed by atoms with Crippen molar-refractivity contribution in [2.24, 2.45) is 0 Å². The number of aromatic amines is 1. The summed E-state index contributed by atoms with van der Waals surface area (Å²) in [5, 5.41) is 7.19. The Morgan fingerprint density at radius 3 is 2.92 bits per heavy atom. The highest BCUT2D eigenvalue weighted by atomic mass is 32.2. The van der Waals surface area contributed by atoms with Gasteiger partial charge in [0.2, 0.25) is 0 Å². The number of aromatic nitrogens is 2. The maximum absolute atomic E-state index is 12.8. The fourth-order valence-electron chi connectivity index (χ4n) is 3.13. The summed E-state index contributed by atoms with van der Waals surface area (Å²) < 4.78 is 23.3. The summed E-state index contributed by atoms with van der Waals surface area (Å²) in [4.78, 5) is 15.1. The fraction of sp³-hybridized carbons (Fsp3) is 0.375. The molecule has 0 saturated carbocycles. The summed E-state index contributed by atoms with van der Waals surface area (Å²) in [7, 11) is 0.277. The Kier molecular flexibility index (Phi) is 3.85. The number of morpholine rings is 1. The molecule has 0 bridgehead atoms. The van der Waals surface area contributed by atoms with Crippen molar-refractivity contribution >= 4 is 16.7 Å². The summed E-state index contributed by atoms with van der Waals surface area (Å²) in [5.74, 6) is 0.723. The van der Waals surface area contributed by atoms with Gasteiger partial charge in [-0.2, -0.15) is 5.10 Å². The van der Waals surface area contributed by atoms with Crippen LogP contribution in [0.15, 0.2) is 23.1 Å². The van der Waals surface area contributed by atoms with Gasteiger partial charge in [-0.15, -0.1) is 0 Å². The molecule has 2 aliphatic rings. The Morgan fingerprint density at radius 1 is 1.38 bits per heavy atom. The van der Waals surface area contributed by atoms with Gasteiger partial charge in [0.1, 0.15) is 11.4 Å². The summed E-state index contributed by atoms with van der Waals surface area (Å²) in [6.45, 7) is 2.18. The van der Waals surface area contributed by atoms with Gasteiger partial charge in [-0.1, -0.05) is 12.1 Å². The van der Waals surface area contributed by atoms with Gasteiger partial charge in [0.05, 0.1) is 47.5 Å². The highest BCUT2D eigenvalue weighted by molar-refractivity contribution is 7.84.